The summed E-state index contributed by atoms with van der Waals surface area (Å²) in [5.74, 6) is -0.510. The number of aromatic nitrogens is 1. The van der Waals surface area contributed by atoms with E-state index >= 15 is 0 Å². The van der Waals surface area contributed by atoms with Gasteiger partial charge in [0.05, 0.1) is 12.3 Å². The van der Waals surface area contributed by atoms with E-state index in [-0.39, 0.29) is 30.2 Å². The van der Waals surface area contributed by atoms with Crippen molar-refractivity contribution in [2.45, 2.75) is 20.3 Å². The van der Waals surface area contributed by atoms with Crippen LogP contribution < -0.4 is 4.90 Å². The van der Waals surface area contributed by atoms with Gasteiger partial charge in [-0.3, -0.25) is 9.69 Å². The van der Waals surface area contributed by atoms with Gasteiger partial charge >= 0.3 is 12.0 Å². The number of amides is 1. The van der Waals surface area contributed by atoms with Crippen LogP contribution in [0.25, 0.3) is 0 Å². The van der Waals surface area contributed by atoms with Gasteiger partial charge in [-0.15, -0.1) is 6.58 Å². The number of rotatable bonds is 4. The fourth-order valence-electron chi connectivity index (χ4n) is 1.96. The third-order valence-corrected chi connectivity index (χ3v) is 2.97. The van der Waals surface area contributed by atoms with E-state index in [1.165, 1.54) is 4.90 Å². The van der Waals surface area contributed by atoms with Crippen LogP contribution in [0.2, 0.25) is 0 Å². The molecule has 0 N–H and O–H groups in total. The maximum Gasteiger partial charge on any atom is 0.376 e. The maximum absolute atomic E-state index is 11.8. The molecular formula is C13H16N2O4. The number of esters is 1. The number of ether oxygens (including phenoxy) is 1. The molecule has 2 heterocycles. The SMILES string of the molecule is C=CC1CC(=O)N(c2nc(C)c(C(=O)OCC)o2)C1. The number of oxazole rings is 1. The Morgan fingerprint density at radius 3 is 3.00 bits per heavy atom. The molecule has 102 valence electrons. The van der Waals surface area contributed by atoms with Gasteiger partial charge in [-0.05, 0) is 13.8 Å². The molecule has 6 heteroatoms. The van der Waals surface area contributed by atoms with Crippen LogP contribution >= 0.6 is 0 Å². The van der Waals surface area contributed by atoms with E-state index in [0.29, 0.717) is 18.7 Å². The monoisotopic (exact) mass is 264 g/mol. The average Bonchev–Trinajstić information content (AvgIpc) is 2.92. The molecule has 1 fully saturated rings. The Morgan fingerprint density at radius 1 is 1.68 bits per heavy atom. The Kier molecular flexibility index (Phi) is 3.69. The van der Waals surface area contributed by atoms with Gasteiger partial charge in [0.1, 0.15) is 0 Å². The average molecular weight is 264 g/mol. The summed E-state index contributed by atoms with van der Waals surface area (Å²) in [4.78, 5) is 29.0. The topological polar surface area (TPSA) is 72.6 Å². The summed E-state index contributed by atoms with van der Waals surface area (Å²) >= 11 is 0. The molecule has 0 spiro atoms. The number of hydrogen-bond donors (Lipinski definition) is 0. The van der Waals surface area contributed by atoms with Crippen molar-refractivity contribution in [3.05, 3.63) is 24.1 Å². The number of carbonyl (C=O) groups excluding carboxylic acids is 2. The van der Waals surface area contributed by atoms with Gasteiger partial charge < -0.3 is 9.15 Å². The lowest BCUT2D eigenvalue weighted by atomic mass is 10.1. The Labute approximate surface area is 111 Å². The Morgan fingerprint density at radius 2 is 2.42 bits per heavy atom. The lowest BCUT2D eigenvalue weighted by Gasteiger charge is -2.09. The van der Waals surface area contributed by atoms with Crippen molar-refractivity contribution in [2.75, 3.05) is 18.1 Å². The lowest BCUT2D eigenvalue weighted by molar-refractivity contribution is -0.117. The largest absolute Gasteiger partial charge is 0.460 e. The number of aryl methyl sites for hydroxylation is 1. The Hall–Kier alpha value is -2.11. The molecule has 1 amide bonds. The summed E-state index contributed by atoms with van der Waals surface area (Å²) < 4.78 is 10.2. The molecule has 6 nitrogen and oxygen atoms in total. The highest BCUT2D eigenvalue weighted by molar-refractivity contribution is 5.95. The second-order valence-electron chi connectivity index (χ2n) is 4.34. The van der Waals surface area contributed by atoms with Crippen LogP contribution in [0.3, 0.4) is 0 Å². The van der Waals surface area contributed by atoms with Crippen LogP contribution in [0.4, 0.5) is 6.01 Å². The van der Waals surface area contributed by atoms with Crippen LogP contribution in [0.5, 0.6) is 0 Å². The molecule has 0 aliphatic carbocycles. The van der Waals surface area contributed by atoms with Crippen molar-refractivity contribution < 1.29 is 18.7 Å². The third-order valence-electron chi connectivity index (χ3n) is 2.97. The predicted molar refractivity (Wildman–Crippen MR) is 67.9 cm³/mol. The molecule has 1 atom stereocenters. The third kappa shape index (κ3) is 2.52. The molecule has 0 saturated carbocycles. The van der Waals surface area contributed by atoms with Gasteiger partial charge in [0.25, 0.3) is 0 Å². The van der Waals surface area contributed by atoms with Gasteiger partial charge in [-0.2, -0.15) is 4.98 Å². The Bertz CT molecular complexity index is 521. The zero-order valence-electron chi connectivity index (χ0n) is 11.0. The zero-order valence-corrected chi connectivity index (χ0v) is 11.0. The molecule has 1 saturated heterocycles. The minimum Gasteiger partial charge on any atom is -0.460 e. The molecule has 0 aromatic carbocycles. The minimum absolute atomic E-state index is 0.0479. The van der Waals surface area contributed by atoms with Crippen LogP contribution in [-0.4, -0.2) is 30.0 Å². The summed E-state index contributed by atoms with van der Waals surface area (Å²) in [7, 11) is 0. The molecule has 0 bridgehead atoms. The van der Waals surface area contributed by atoms with Crippen molar-refractivity contribution >= 4 is 17.9 Å². The molecule has 1 unspecified atom stereocenters. The summed E-state index contributed by atoms with van der Waals surface area (Å²) in [5.41, 5.74) is 0.420. The first-order valence-corrected chi connectivity index (χ1v) is 6.14. The summed E-state index contributed by atoms with van der Waals surface area (Å²) in [6.07, 6.45) is 2.12. The second kappa shape index (κ2) is 5.26. The first kappa shape index (κ1) is 13.3. The number of hydrogen-bond acceptors (Lipinski definition) is 5. The quantitative estimate of drug-likeness (QED) is 0.611. The molecule has 1 aliphatic heterocycles. The maximum atomic E-state index is 11.8. The van der Waals surface area contributed by atoms with Crippen molar-refractivity contribution in [1.82, 2.24) is 4.98 Å². The van der Waals surface area contributed by atoms with E-state index < -0.39 is 5.97 Å². The molecule has 1 aromatic rings. The highest BCUT2D eigenvalue weighted by Gasteiger charge is 2.33. The zero-order chi connectivity index (χ0) is 14.0. The summed E-state index contributed by atoms with van der Waals surface area (Å²) in [6, 6.07) is 0.148. The van der Waals surface area contributed by atoms with Crippen LogP contribution in [0.1, 0.15) is 29.6 Å². The second-order valence-corrected chi connectivity index (χ2v) is 4.34. The van der Waals surface area contributed by atoms with E-state index in [2.05, 4.69) is 11.6 Å². The lowest BCUT2D eigenvalue weighted by Crippen LogP contribution is -2.24. The standard InChI is InChI=1S/C13H16N2O4/c1-4-9-6-10(16)15(7-9)13-14-8(3)11(19-13)12(17)18-5-2/h4,9H,1,5-7H2,2-3H3. The normalized spacial score (nSPS) is 18.7. The highest BCUT2D eigenvalue weighted by atomic mass is 16.5. The van der Waals surface area contributed by atoms with Crippen molar-refractivity contribution in [2.24, 2.45) is 5.92 Å². The van der Waals surface area contributed by atoms with Gasteiger partial charge in [-0.1, -0.05) is 6.08 Å². The smallest absolute Gasteiger partial charge is 0.376 e. The van der Waals surface area contributed by atoms with E-state index in [9.17, 15) is 9.59 Å². The van der Waals surface area contributed by atoms with E-state index in [4.69, 9.17) is 9.15 Å². The van der Waals surface area contributed by atoms with Gasteiger partial charge in [0.15, 0.2) is 0 Å². The van der Waals surface area contributed by atoms with Crippen molar-refractivity contribution in [3.8, 4) is 0 Å². The predicted octanol–water partition coefficient (Wildman–Crippen LogP) is 1.70. The molecule has 19 heavy (non-hydrogen) atoms. The molecule has 1 aliphatic rings. The Balaban J connectivity index is 2.23. The van der Waals surface area contributed by atoms with Crippen molar-refractivity contribution in [3.63, 3.8) is 0 Å². The van der Waals surface area contributed by atoms with Crippen molar-refractivity contribution in [1.29, 1.82) is 0 Å². The van der Waals surface area contributed by atoms with E-state index in [0.717, 1.165) is 0 Å². The number of anilines is 1. The van der Waals surface area contributed by atoms with E-state index in [1.807, 2.05) is 0 Å². The van der Waals surface area contributed by atoms with Gasteiger partial charge in [0.2, 0.25) is 11.7 Å². The molecular weight excluding hydrogens is 248 g/mol. The number of carbonyl (C=O) groups is 2. The van der Waals surface area contributed by atoms with E-state index in [1.54, 1.807) is 19.9 Å². The first-order chi connectivity index (χ1) is 9.06. The van der Waals surface area contributed by atoms with Crippen LogP contribution in [0, 0.1) is 12.8 Å². The summed E-state index contributed by atoms with van der Waals surface area (Å²) in [6.45, 7) is 7.77. The molecule has 0 radical (unpaired) electrons. The number of nitrogens with zero attached hydrogens (tertiary/aromatic N) is 2. The van der Waals surface area contributed by atoms with Crippen LogP contribution in [0.15, 0.2) is 17.1 Å². The van der Waals surface area contributed by atoms with Gasteiger partial charge in [-0.25, -0.2) is 4.79 Å². The van der Waals surface area contributed by atoms with Crippen LogP contribution in [-0.2, 0) is 9.53 Å². The highest BCUT2D eigenvalue weighted by Crippen LogP contribution is 2.27. The van der Waals surface area contributed by atoms with Gasteiger partial charge in [0, 0.05) is 18.9 Å². The minimum atomic E-state index is -0.564. The fraction of sp³-hybridized carbons (Fsp3) is 0.462. The summed E-state index contributed by atoms with van der Waals surface area (Å²) in [5, 5.41) is 0. The molecule has 2 rings (SSSR count). The fourth-order valence-corrected chi connectivity index (χ4v) is 1.96. The molecule has 1 aromatic heterocycles. The first-order valence-electron chi connectivity index (χ1n) is 6.14.